The molecule has 0 bridgehead atoms. The van der Waals surface area contributed by atoms with E-state index < -0.39 is 6.04 Å². The summed E-state index contributed by atoms with van der Waals surface area (Å²) >= 11 is 1.77. The SMILES string of the molecule is CCOC(=O)C1NNN2C3CCCCC3C(Sc3nnc(C4CCNCC4)n3C)NC12. The van der Waals surface area contributed by atoms with Gasteiger partial charge in [-0.1, -0.05) is 24.6 Å². The Hall–Kier alpha value is -1.24. The van der Waals surface area contributed by atoms with Crippen molar-refractivity contribution in [3.63, 3.8) is 0 Å². The maximum Gasteiger partial charge on any atom is 0.327 e. The molecule has 0 spiro atoms. The second-order valence-electron chi connectivity index (χ2n) is 8.98. The second kappa shape index (κ2) is 9.32. The second-order valence-corrected chi connectivity index (χ2v) is 10.1. The minimum Gasteiger partial charge on any atom is -0.465 e. The zero-order valence-corrected chi connectivity index (χ0v) is 19.2. The van der Waals surface area contributed by atoms with Crippen molar-refractivity contribution in [3.05, 3.63) is 5.82 Å². The predicted molar refractivity (Wildman–Crippen MR) is 117 cm³/mol. The molecule has 31 heavy (non-hydrogen) atoms. The van der Waals surface area contributed by atoms with Crippen LogP contribution in [-0.2, 0) is 16.6 Å². The summed E-state index contributed by atoms with van der Waals surface area (Å²) in [6, 6.07) is -0.0581. The summed E-state index contributed by atoms with van der Waals surface area (Å²) in [5.41, 5.74) is 6.41. The van der Waals surface area contributed by atoms with Crippen molar-refractivity contribution >= 4 is 17.7 Å². The van der Waals surface area contributed by atoms with Gasteiger partial charge in [-0.05, 0) is 45.7 Å². The third-order valence-electron chi connectivity index (χ3n) is 7.17. The van der Waals surface area contributed by atoms with Crippen molar-refractivity contribution in [2.24, 2.45) is 13.0 Å². The Kier molecular flexibility index (Phi) is 6.49. The lowest BCUT2D eigenvalue weighted by atomic mass is 9.82. The van der Waals surface area contributed by atoms with Crippen LogP contribution in [0.5, 0.6) is 0 Å². The van der Waals surface area contributed by atoms with Gasteiger partial charge in [0.05, 0.1) is 12.0 Å². The van der Waals surface area contributed by atoms with Gasteiger partial charge in [-0.15, -0.1) is 10.2 Å². The largest absolute Gasteiger partial charge is 0.465 e. The number of carbonyl (C=O) groups is 1. The number of hydrogen-bond acceptors (Lipinski definition) is 10. The molecule has 5 atom stereocenters. The Morgan fingerprint density at radius 2 is 2.00 bits per heavy atom. The maximum atomic E-state index is 12.5. The van der Waals surface area contributed by atoms with Crippen molar-refractivity contribution in [2.45, 2.75) is 80.1 Å². The van der Waals surface area contributed by atoms with Crippen LogP contribution in [0, 0.1) is 5.92 Å². The molecule has 0 aromatic carbocycles. The van der Waals surface area contributed by atoms with Gasteiger partial charge >= 0.3 is 5.97 Å². The van der Waals surface area contributed by atoms with Gasteiger partial charge < -0.3 is 14.6 Å². The molecule has 3 saturated heterocycles. The van der Waals surface area contributed by atoms with Crippen LogP contribution in [-0.4, -0.2) is 69.1 Å². The van der Waals surface area contributed by atoms with Crippen molar-refractivity contribution in [1.82, 2.24) is 41.4 Å². The van der Waals surface area contributed by atoms with Gasteiger partial charge in [0, 0.05) is 24.9 Å². The standard InChI is InChI=1S/C20H34N8O2S/c1-3-30-19(29)15-17-22-18(13-6-4-5-7-14(13)28(17)26-23-15)31-20-25-24-16(27(20)2)12-8-10-21-11-9-12/h12-15,17-18,21-23,26H,3-11H2,1-2H3. The molecule has 4 heterocycles. The summed E-state index contributed by atoms with van der Waals surface area (Å²) in [6.45, 7) is 4.31. The maximum absolute atomic E-state index is 12.5. The third-order valence-corrected chi connectivity index (χ3v) is 8.48. The molecule has 172 valence electrons. The molecule has 4 N–H and O–H groups in total. The number of thioether (sulfide) groups is 1. The van der Waals surface area contributed by atoms with Crippen LogP contribution in [0.3, 0.4) is 0 Å². The normalized spacial score (nSPS) is 34.3. The summed E-state index contributed by atoms with van der Waals surface area (Å²) in [7, 11) is 2.09. The van der Waals surface area contributed by atoms with Crippen molar-refractivity contribution in [3.8, 4) is 0 Å². The fraction of sp³-hybridized carbons (Fsp3) is 0.850. The van der Waals surface area contributed by atoms with Crippen molar-refractivity contribution in [1.29, 1.82) is 0 Å². The molecule has 4 aliphatic rings. The first-order chi connectivity index (χ1) is 15.2. The molecule has 1 saturated carbocycles. The van der Waals surface area contributed by atoms with Gasteiger partial charge in [0.15, 0.2) is 11.2 Å². The molecule has 4 fully saturated rings. The van der Waals surface area contributed by atoms with E-state index in [1.165, 1.54) is 19.3 Å². The molecular formula is C20H34N8O2S. The average molecular weight is 451 g/mol. The van der Waals surface area contributed by atoms with E-state index in [9.17, 15) is 4.79 Å². The summed E-state index contributed by atoms with van der Waals surface area (Å²) in [4.78, 5) is 12.5. The number of piperidine rings is 1. The highest BCUT2D eigenvalue weighted by Crippen LogP contribution is 2.41. The molecule has 5 rings (SSSR count). The minimum absolute atomic E-state index is 0.145. The first-order valence-corrected chi connectivity index (χ1v) is 12.5. The van der Waals surface area contributed by atoms with Crippen LogP contribution in [0.1, 0.15) is 57.2 Å². The number of hydrogen-bond donors (Lipinski definition) is 4. The topological polar surface area (TPSA) is 108 Å². The highest BCUT2D eigenvalue weighted by Gasteiger charge is 2.52. The number of fused-ring (bicyclic) bond motifs is 3. The van der Waals surface area contributed by atoms with Crippen LogP contribution < -0.4 is 21.6 Å². The molecule has 0 radical (unpaired) electrons. The molecule has 0 amide bonds. The average Bonchev–Trinajstić information content (AvgIpc) is 3.39. The number of nitrogens with one attached hydrogen (secondary N) is 4. The number of hydrazine groups is 2. The van der Waals surface area contributed by atoms with Crippen LogP contribution in [0.4, 0.5) is 0 Å². The van der Waals surface area contributed by atoms with Gasteiger partial charge in [0.2, 0.25) is 0 Å². The van der Waals surface area contributed by atoms with E-state index in [1.54, 1.807) is 11.8 Å². The summed E-state index contributed by atoms with van der Waals surface area (Å²) in [6.07, 6.45) is 6.83. The number of aromatic nitrogens is 3. The van der Waals surface area contributed by atoms with E-state index in [2.05, 4.69) is 48.4 Å². The van der Waals surface area contributed by atoms with E-state index in [0.717, 1.165) is 43.3 Å². The molecule has 5 unspecified atom stereocenters. The van der Waals surface area contributed by atoms with Gasteiger partial charge in [-0.3, -0.25) is 10.1 Å². The Labute approximate surface area is 187 Å². The van der Waals surface area contributed by atoms with Gasteiger partial charge in [0.1, 0.15) is 12.0 Å². The minimum atomic E-state index is -0.435. The zero-order chi connectivity index (χ0) is 21.4. The summed E-state index contributed by atoms with van der Waals surface area (Å²) < 4.78 is 7.49. The van der Waals surface area contributed by atoms with E-state index in [4.69, 9.17) is 4.74 Å². The Morgan fingerprint density at radius 3 is 2.81 bits per heavy atom. The quantitative estimate of drug-likeness (QED) is 0.472. The first-order valence-electron chi connectivity index (χ1n) is 11.7. The molecule has 10 nitrogen and oxygen atoms in total. The van der Waals surface area contributed by atoms with Crippen LogP contribution in [0.25, 0.3) is 0 Å². The predicted octanol–water partition coefficient (Wildman–Crippen LogP) is 0.445. The molecular weight excluding hydrogens is 416 g/mol. The lowest BCUT2D eigenvalue weighted by Crippen LogP contribution is -2.67. The van der Waals surface area contributed by atoms with E-state index in [0.29, 0.717) is 24.5 Å². The van der Waals surface area contributed by atoms with Crippen LogP contribution in [0.2, 0.25) is 0 Å². The van der Waals surface area contributed by atoms with Gasteiger partial charge in [-0.25, -0.2) is 10.4 Å². The fourth-order valence-corrected chi connectivity index (χ4v) is 6.83. The molecule has 1 aliphatic carbocycles. The number of ether oxygens (including phenoxy) is 1. The number of carbonyl (C=O) groups excluding carboxylic acids is 1. The highest BCUT2D eigenvalue weighted by molar-refractivity contribution is 7.99. The smallest absolute Gasteiger partial charge is 0.327 e. The Morgan fingerprint density at radius 1 is 1.19 bits per heavy atom. The zero-order valence-electron chi connectivity index (χ0n) is 18.3. The first kappa shape index (κ1) is 21.6. The molecule has 1 aromatic heterocycles. The van der Waals surface area contributed by atoms with Crippen LogP contribution >= 0.6 is 11.8 Å². The van der Waals surface area contributed by atoms with E-state index >= 15 is 0 Å². The van der Waals surface area contributed by atoms with Crippen LogP contribution in [0.15, 0.2) is 5.16 Å². The number of nitrogens with zero attached hydrogens (tertiary/aromatic N) is 4. The van der Waals surface area contributed by atoms with Gasteiger partial charge in [0.25, 0.3) is 0 Å². The fourth-order valence-electron chi connectivity index (χ4n) is 5.57. The number of esters is 1. The third kappa shape index (κ3) is 4.11. The van der Waals surface area contributed by atoms with E-state index in [1.807, 2.05) is 6.92 Å². The summed E-state index contributed by atoms with van der Waals surface area (Å²) in [5, 5.41) is 19.6. The van der Waals surface area contributed by atoms with Gasteiger partial charge in [-0.2, -0.15) is 5.53 Å². The molecule has 3 aliphatic heterocycles. The highest BCUT2D eigenvalue weighted by atomic mass is 32.2. The van der Waals surface area contributed by atoms with Crippen molar-refractivity contribution < 1.29 is 9.53 Å². The monoisotopic (exact) mass is 450 g/mol. The Balaban J connectivity index is 1.35. The lowest BCUT2D eigenvalue weighted by molar-refractivity contribution is -0.146. The number of rotatable bonds is 5. The van der Waals surface area contributed by atoms with Crippen molar-refractivity contribution in [2.75, 3.05) is 19.7 Å². The molecule has 11 heteroatoms. The Bertz CT molecular complexity index is 785. The lowest BCUT2D eigenvalue weighted by Gasteiger charge is -2.49. The molecule has 1 aromatic rings. The van der Waals surface area contributed by atoms with E-state index in [-0.39, 0.29) is 17.5 Å². The summed E-state index contributed by atoms with van der Waals surface area (Å²) in [5.74, 6) is 1.82.